The number of amides is 1. The van der Waals surface area contributed by atoms with Crippen LogP contribution < -0.4 is 16.2 Å². The van der Waals surface area contributed by atoms with Crippen molar-refractivity contribution in [2.45, 2.75) is 32.7 Å². The maximum atomic E-state index is 11.0. The number of unbranched alkanes of at least 4 members (excludes halogenated alkanes) is 1. The average Bonchev–Trinajstić information content (AvgIpc) is 2.48. The van der Waals surface area contributed by atoms with Crippen molar-refractivity contribution in [1.29, 1.82) is 0 Å². The van der Waals surface area contributed by atoms with Gasteiger partial charge >= 0.3 is 0 Å². The SMILES string of the molecule is CCCCN(CCCOc1cccc(CN)c1)CC(N)=O. The van der Waals surface area contributed by atoms with E-state index in [0.29, 0.717) is 19.7 Å². The molecule has 118 valence electrons. The number of hydrogen-bond acceptors (Lipinski definition) is 4. The fourth-order valence-electron chi connectivity index (χ4n) is 2.11. The summed E-state index contributed by atoms with van der Waals surface area (Å²) in [5.74, 6) is 0.565. The maximum absolute atomic E-state index is 11.0. The van der Waals surface area contributed by atoms with Crippen LogP contribution in [0.3, 0.4) is 0 Å². The average molecular weight is 293 g/mol. The first-order chi connectivity index (χ1) is 10.2. The molecule has 0 heterocycles. The van der Waals surface area contributed by atoms with Crippen LogP contribution in [0.15, 0.2) is 24.3 Å². The Morgan fingerprint density at radius 2 is 2.05 bits per heavy atom. The highest BCUT2D eigenvalue weighted by Crippen LogP contribution is 2.13. The van der Waals surface area contributed by atoms with Gasteiger partial charge in [0.1, 0.15) is 5.75 Å². The molecule has 5 heteroatoms. The summed E-state index contributed by atoms with van der Waals surface area (Å²) in [5.41, 5.74) is 11.9. The molecule has 0 spiro atoms. The highest BCUT2D eigenvalue weighted by molar-refractivity contribution is 5.75. The Balaban J connectivity index is 2.30. The van der Waals surface area contributed by atoms with E-state index in [1.807, 2.05) is 24.3 Å². The zero-order valence-electron chi connectivity index (χ0n) is 12.9. The number of hydrogen-bond donors (Lipinski definition) is 2. The number of carbonyl (C=O) groups excluding carboxylic acids is 1. The van der Waals surface area contributed by atoms with Crippen molar-refractivity contribution >= 4 is 5.91 Å². The van der Waals surface area contributed by atoms with Crippen molar-refractivity contribution in [1.82, 2.24) is 4.90 Å². The topological polar surface area (TPSA) is 81.6 Å². The minimum absolute atomic E-state index is 0.275. The molecule has 1 rings (SSSR count). The Labute approximate surface area is 127 Å². The molecule has 0 bridgehead atoms. The van der Waals surface area contributed by atoms with Crippen molar-refractivity contribution in [3.8, 4) is 5.75 Å². The molecule has 0 radical (unpaired) electrons. The molecule has 0 aliphatic carbocycles. The third-order valence-electron chi connectivity index (χ3n) is 3.23. The van der Waals surface area contributed by atoms with Gasteiger partial charge in [0.05, 0.1) is 13.2 Å². The second kappa shape index (κ2) is 10.2. The summed E-state index contributed by atoms with van der Waals surface area (Å²) in [6.07, 6.45) is 3.05. The van der Waals surface area contributed by atoms with E-state index in [1.165, 1.54) is 0 Å². The molecule has 1 aromatic carbocycles. The lowest BCUT2D eigenvalue weighted by Crippen LogP contribution is -2.35. The number of rotatable bonds is 11. The van der Waals surface area contributed by atoms with Gasteiger partial charge in [0.15, 0.2) is 0 Å². The van der Waals surface area contributed by atoms with Gasteiger partial charge in [-0.2, -0.15) is 0 Å². The molecule has 21 heavy (non-hydrogen) atoms. The molecule has 0 fully saturated rings. The van der Waals surface area contributed by atoms with Gasteiger partial charge < -0.3 is 16.2 Å². The minimum Gasteiger partial charge on any atom is -0.494 e. The summed E-state index contributed by atoms with van der Waals surface area (Å²) >= 11 is 0. The van der Waals surface area contributed by atoms with Crippen molar-refractivity contribution < 1.29 is 9.53 Å². The van der Waals surface area contributed by atoms with Crippen LogP contribution in [0, 0.1) is 0 Å². The van der Waals surface area contributed by atoms with Gasteiger partial charge in [0, 0.05) is 13.1 Å². The number of nitrogens with zero attached hydrogens (tertiary/aromatic N) is 1. The van der Waals surface area contributed by atoms with E-state index in [4.69, 9.17) is 16.2 Å². The first kappa shape index (κ1) is 17.5. The molecule has 0 saturated heterocycles. The van der Waals surface area contributed by atoms with Crippen LogP contribution in [0.4, 0.5) is 0 Å². The number of ether oxygens (including phenoxy) is 1. The van der Waals surface area contributed by atoms with Gasteiger partial charge in [-0.25, -0.2) is 0 Å². The molecule has 0 saturated carbocycles. The number of carbonyl (C=O) groups is 1. The van der Waals surface area contributed by atoms with Crippen LogP contribution in [0.25, 0.3) is 0 Å². The van der Waals surface area contributed by atoms with E-state index in [2.05, 4.69) is 11.8 Å². The summed E-state index contributed by atoms with van der Waals surface area (Å²) in [6, 6.07) is 7.81. The van der Waals surface area contributed by atoms with Gasteiger partial charge in [-0.3, -0.25) is 9.69 Å². The lowest BCUT2D eigenvalue weighted by atomic mass is 10.2. The predicted octanol–water partition coefficient (Wildman–Crippen LogP) is 1.50. The third kappa shape index (κ3) is 7.68. The van der Waals surface area contributed by atoms with Crippen molar-refractivity contribution in [3.05, 3.63) is 29.8 Å². The van der Waals surface area contributed by atoms with Gasteiger partial charge in [-0.05, 0) is 37.1 Å². The summed E-state index contributed by atoms with van der Waals surface area (Å²) < 4.78 is 5.71. The largest absolute Gasteiger partial charge is 0.494 e. The van der Waals surface area contributed by atoms with Crippen LogP contribution in [-0.2, 0) is 11.3 Å². The van der Waals surface area contributed by atoms with Crippen LogP contribution >= 0.6 is 0 Å². The minimum atomic E-state index is -0.275. The van der Waals surface area contributed by atoms with Crippen LogP contribution in [0.1, 0.15) is 31.7 Å². The molecular weight excluding hydrogens is 266 g/mol. The summed E-state index contributed by atoms with van der Waals surface area (Å²) in [5, 5.41) is 0. The Kier molecular flexibility index (Phi) is 8.47. The van der Waals surface area contributed by atoms with E-state index in [9.17, 15) is 4.79 Å². The zero-order chi connectivity index (χ0) is 15.5. The van der Waals surface area contributed by atoms with Gasteiger partial charge in [0.2, 0.25) is 5.91 Å². The highest BCUT2D eigenvalue weighted by Gasteiger charge is 2.07. The first-order valence-corrected chi connectivity index (χ1v) is 7.58. The van der Waals surface area contributed by atoms with Crippen molar-refractivity contribution in [3.63, 3.8) is 0 Å². The van der Waals surface area contributed by atoms with E-state index < -0.39 is 0 Å². The van der Waals surface area contributed by atoms with Crippen LogP contribution in [-0.4, -0.2) is 37.0 Å². The highest BCUT2D eigenvalue weighted by atomic mass is 16.5. The second-order valence-electron chi connectivity index (χ2n) is 5.15. The Morgan fingerprint density at radius 1 is 1.29 bits per heavy atom. The molecule has 1 aromatic rings. The smallest absolute Gasteiger partial charge is 0.231 e. The molecule has 1 amide bonds. The molecule has 0 aromatic heterocycles. The molecule has 5 nitrogen and oxygen atoms in total. The molecule has 0 aliphatic rings. The molecule has 0 unspecified atom stereocenters. The van der Waals surface area contributed by atoms with Gasteiger partial charge in [-0.15, -0.1) is 0 Å². The van der Waals surface area contributed by atoms with Gasteiger partial charge in [0.25, 0.3) is 0 Å². The molecule has 4 N–H and O–H groups in total. The van der Waals surface area contributed by atoms with E-state index >= 15 is 0 Å². The Morgan fingerprint density at radius 3 is 2.71 bits per heavy atom. The Hall–Kier alpha value is -1.59. The van der Waals surface area contributed by atoms with Crippen LogP contribution in [0.2, 0.25) is 0 Å². The third-order valence-corrected chi connectivity index (χ3v) is 3.23. The summed E-state index contributed by atoms with van der Waals surface area (Å²) in [4.78, 5) is 13.1. The molecule has 0 atom stereocenters. The lowest BCUT2D eigenvalue weighted by Gasteiger charge is -2.20. The number of nitrogens with two attached hydrogens (primary N) is 2. The standard InChI is InChI=1S/C16H27N3O2/c1-2-3-8-19(13-16(18)20)9-5-10-21-15-7-4-6-14(11-15)12-17/h4,6-7,11H,2-3,5,8-10,12-13,17H2,1H3,(H2,18,20). The zero-order valence-corrected chi connectivity index (χ0v) is 12.9. The maximum Gasteiger partial charge on any atom is 0.231 e. The lowest BCUT2D eigenvalue weighted by molar-refractivity contribution is -0.119. The normalized spacial score (nSPS) is 10.8. The number of benzene rings is 1. The van der Waals surface area contributed by atoms with Gasteiger partial charge in [-0.1, -0.05) is 25.5 Å². The number of primary amides is 1. The van der Waals surface area contributed by atoms with Crippen molar-refractivity contribution in [2.24, 2.45) is 11.5 Å². The monoisotopic (exact) mass is 293 g/mol. The summed E-state index contributed by atoms with van der Waals surface area (Å²) in [6.45, 7) is 5.32. The predicted molar refractivity (Wildman–Crippen MR) is 85.0 cm³/mol. The second-order valence-corrected chi connectivity index (χ2v) is 5.15. The van der Waals surface area contributed by atoms with E-state index in [0.717, 1.165) is 43.7 Å². The fraction of sp³-hybridized carbons (Fsp3) is 0.562. The van der Waals surface area contributed by atoms with E-state index in [1.54, 1.807) is 0 Å². The molecule has 0 aliphatic heterocycles. The molecular formula is C16H27N3O2. The van der Waals surface area contributed by atoms with E-state index in [-0.39, 0.29) is 5.91 Å². The van der Waals surface area contributed by atoms with Crippen LogP contribution in [0.5, 0.6) is 5.75 Å². The fourth-order valence-corrected chi connectivity index (χ4v) is 2.11. The summed E-state index contributed by atoms with van der Waals surface area (Å²) in [7, 11) is 0. The Bertz CT molecular complexity index is 424. The first-order valence-electron chi connectivity index (χ1n) is 7.58. The van der Waals surface area contributed by atoms with Crippen molar-refractivity contribution in [2.75, 3.05) is 26.2 Å². The quantitative estimate of drug-likeness (QED) is 0.606.